The highest BCUT2D eigenvalue weighted by Crippen LogP contribution is 2.40. The van der Waals surface area contributed by atoms with E-state index in [1.54, 1.807) is 29.2 Å². The predicted molar refractivity (Wildman–Crippen MR) is 119 cm³/mol. The van der Waals surface area contributed by atoms with Crippen molar-refractivity contribution in [1.29, 1.82) is 0 Å². The van der Waals surface area contributed by atoms with Crippen molar-refractivity contribution in [2.24, 2.45) is 0 Å². The van der Waals surface area contributed by atoms with Crippen molar-refractivity contribution in [1.82, 2.24) is 9.80 Å². The van der Waals surface area contributed by atoms with Crippen LogP contribution in [0.25, 0.3) is 5.76 Å². The molecule has 1 aliphatic rings. The Bertz CT molecular complexity index is 969. The molecule has 3 rings (SSSR count). The van der Waals surface area contributed by atoms with Crippen LogP contribution in [0.5, 0.6) is 5.75 Å². The summed E-state index contributed by atoms with van der Waals surface area (Å²) in [4.78, 5) is 29.4. The van der Waals surface area contributed by atoms with Crippen molar-refractivity contribution >= 4 is 33.4 Å². The van der Waals surface area contributed by atoms with Gasteiger partial charge >= 0.3 is 0 Å². The van der Waals surface area contributed by atoms with Gasteiger partial charge in [-0.05, 0) is 56.9 Å². The lowest BCUT2D eigenvalue weighted by atomic mass is 9.95. The molecule has 0 spiro atoms. The average Bonchev–Trinajstić information content (AvgIpc) is 2.98. The zero-order valence-electron chi connectivity index (χ0n) is 17.3. The molecule has 1 N–H and O–H groups in total. The van der Waals surface area contributed by atoms with E-state index in [1.165, 1.54) is 7.11 Å². The summed E-state index contributed by atoms with van der Waals surface area (Å²) in [6.07, 6.45) is 0.715. The number of Topliss-reactive ketones (excluding diaryl/α,β-unsaturated/α-hetero) is 1. The molecule has 6 nitrogen and oxygen atoms in total. The molecule has 2 aromatic carbocycles. The number of rotatable bonds is 7. The van der Waals surface area contributed by atoms with Crippen LogP contribution in [-0.4, -0.2) is 60.9 Å². The summed E-state index contributed by atoms with van der Waals surface area (Å²) in [6, 6.07) is 13.6. The smallest absolute Gasteiger partial charge is 0.295 e. The van der Waals surface area contributed by atoms with Crippen molar-refractivity contribution in [2.75, 3.05) is 34.3 Å². The molecule has 0 unspecified atom stereocenters. The van der Waals surface area contributed by atoms with Crippen LogP contribution in [0.15, 0.2) is 58.6 Å². The van der Waals surface area contributed by atoms with E-state index >= 15 is 0 Å². The fourth-order valence-corrected chi connectivity index (χ4v) is 3.85. The zero-order chi connectivity index (χ0) is 21.8. The number of amides is 1. The summed E-state index contributed by atoms with van der Waals surface area (Å²) in [6.45, 7) is 1.20. The van der Waals surface area contributed by atoms with Crippen LogP contribution in [-0.2, 0) is 9.59 Å². The number of nitrogens with zero attached hydrogens (tertiary/aromatic N) is 2. The number of carbonyl (C=O) groups is 2. The molecule has 2 aromatic rings. The number of carbonyl (C=O) groups excluding carboxylic acids is 2. The first-order valence-electron chi connectivity index (χ1n) is 9.66. The SMILES string of the molecule is COc1cccc(/C(O)=C2\C(=O)C(=O)N(CCCN(C)C)[C@@H]2c2ccc(Br)cc2)c1. The monoisotopic (exact) mass is 472 g/mol. The van der Waals surface area contributed by atoms with E-state index in [-0.39, 0.29) is 11.3 Å². The van der Waals surface area contributed by atoms with Crippen molar-refractivity contribution in [3.63, 3.8) is 0 Å². The third-order valence-electron chi connectivity index (χ3n) is 5.07. The maximum atomic E-state index is 13.0. The molecule has 0 saturated carbocycles. The summed E-state index contributed by atoms with van der Waals surface area (Å²) in [7, 11) is 5.46. The standard InChI is InChI=1S/C23H25BrN2O4/c1-25(2)12-5-13-26-20(15-8-10-17(24)11-9-15)19(22(28)23(26)29)21(27)16-6-4-7-18(14-16)30-3/h4,6-11,14,20,27H,5,12-13H2,1-3H3/b21-19+/t20-/m1/s1. The second-order valence-electron chi connectivity index (χ2n) is 7.43. The van der Waals surface area contributed by atoms with E-state index in [2.05, 4.69) is 15.9 Å². The van der Waals surface area contributed by atoms with E-state index in [0.717, 1.165) is 16.6 Å². The number of hydrogen-bond acceptors (Lipinski definition) is 5. The van der Waals surface area contributed by atoms with Crippen LogP contribution >= 0.6 is 15.9 Å². The average molecular weight is 473 g/mol. The van der Waals surface area contributed by atoms with Gasteiger partial charge in [-0.2, -0.15) is 0 Å². The van der Waals surface area contributed by atoms with Gasteiger partial charge in [0.2, 0.25) is 0 Å². The van der Waals surface area contributed by atoms with E-state index < -0.39 is 17.7 Å². The van der Waals surface area contributed by atoms with Gasteiger partial charge in [0, 0.05) is 16.6 Å². The highest BCUT2D eigenvalue weighted by molar-refractivity contribution is 9.10. The Labute approximate surface area is 184 Å². The third-order valence-corrected chi connectivity index (χ3v) is 5.60. The first kappa shape index (κ1) is 22.1. The van der Waals surface area contributed by atoms with Gasteiger partial charge in [0.05, 0.1) is 18.7 Å². The number of likely N-dealkylation sites (tertiary alicyclic amines) is 1. The van der Waals surface area contributed by atoms with Gasteiger partial charge in [0.1, 0.15) is 11.5 Å². The lowest BCUT2D eigenvalue weighted by molar-refractivity contribution is -0.139. The Hall–Kier alpha value is -2.64. The molecular weight excluding hydrogens is 448 g/mol. The Morgan fingerprint density at radius 2 is 1.87 bits per heavy atom. The molecule has 0 aromatic heterocycles. The Balaban J connectivity index is 2.09. The molecule has 1 aliphatic heterocycles. The van der Waals surface area contributed by atoms with E-state index in [4.69, 9.17) is 4.74 Å². The molecule has 1 atom stereocenters. The second-order valence-corrected chi connectivity index (χ2v) is 8.35. The summed E-state index contributed by atoms with van der Waals surface area (Å²) in [5, 5.41) is 11.1. The molecule has 0 radical (unpaired) electrons. The highest BCUT2D eigenvalue weighted by Gasteiger charge is 2.45. The lowest BCUT2D eigenvalue weighted by Gasteiger charge is -2.26. The summed E-state index contributed by atoms with van der Waals surface area (Å²) in [5.41, 5.74) is 1.30. The van der Waals surface area contributed by atoms with Crippen LogP contribution in [0.4, 0.5) is 0 Å². The number of hydrogen-bond donors (Lipinski definition) is 1. The first-order chi connectivity index (χ1) is 14.3. The molecule has 7 heteroatoms. The Kier molecular flexibility index (Phi) is 6.95. The molecule has 158 valence electrons. The quantitative estimate of drug-likeness (QED) is 0.376. The number of halogens is 1. The van der Waals surface area contributed by atoms with Gasteiger partial charge in [-0.15, -0.1) is 0 Å². The van der Waals surface area contributed by atoms with E-state index in [1.807, 2.05) is 43.3 Å². The van der Waals surface area contributed by atoms with Crippen LogP contribution < -0.4 is 4.74 Å². The lowest BCUT2D eigenvalue weighted by Crippen LogP contribution is -2.32. The predicted octanol–water partition coefficient (Wildman–Crippen LogP) is 3.83. The van der Waals surface area contributed by atoms with Crippen molar-refractivity contribution in [2.45, 2.75) is 12.5 Å². The van der Waals surface area contributed by atoms with E-state index in [0.29, 0.717) is 24.3 Å². The topological polar surface area (TPSA) is 70.1 Å². The maximum absolute atomic E-state index is 13.0. The number of aliphatic hydroxyl groups excluding tert-OH is 1. The number of methoxy groups -OCH3 is 1. The molecule has 0 aliphatic carbocycles. The molecule has 1 saturated heterocycles. The Morgan fingerprint density at radius 3 is 2.50 bits per heavy atom. The summed E-state index contributed by atoms with van der Waals surface area (Å²) in [5.74, 6) is -0.908. The minimum atomic E-state index is -0.673. The summed E-state index contributed by atoms with van der Waals surface area (Å²) < 4.78 is 6.12. The van der Waals surface area contributed by atoms with Gasteiger partial charge in [-0.1, -0.05) is 40.2 Å². The second kappa shape index (κ2) is 9.45. The fourth-order valence-electron chi connectivity index (χ4n) is 3.59. The number of ketones is 1. The van der Waals surface area contributed by atoms with Gasteiger partial charge in [0.25, 0.3) is 11.7 Å². The van der Waals surface area contributed by atoms with Crippen molar-refractivity contribution in [3.05, 3.63) is 69.7 Å². The number of ether oxygens (including phenoxy) is 1. The van der Waals surface area contributed by atoms with Crippen LogP contribution in [0, 0.1) is 0 Å². The number of aliphatic hydroxyl groups is 1. The summed E-state index contributed by atoms with van der Waals surface area (Å²) >= 11 is 3.42. The van der Waals surface area contributed by atoms with Crippen LogP contribution in [0.1, 0.15) is 23.6 Å². The Morgan fingerprint density at radius 1 is 1.17 bits per heavy atom. The molecule has 1 fully saturated rings. The zero-order valence-corrected chi connectivity index (χ0v) is 18.8. The van der Waals surface area contributed by atoms with Gasteiger partial charge in [-0.3, -0.25) is 9.59 Å². The molecular formula is C23H25BrN2O4. The largest absolute Gasteiger partial charge is 0.507 e. The van der Waals surface area contributed by atoms with Crippen LogP contribution in [0.3, 0.4) is 0 Å². The van der Waals surface area contributed by atoms with Crippen molar-refractivity contribution < 1.29 is 19.4 Å². The van der Waals surface area contributed by atoms with E-state index in [9.17, 15) is 14.7 Å². The molecule has 1 amide bonds. The van der Waals surface area contributed by atoms with Gasteiger partial charge in [0.15, 0.2) is 0 Å². The molecule has 30 heavy (non-hydrogen) atoms. The van der Waals surface area contributed by atoms with Gasteiger partial charge in [-0.25, -0.2) is 0 Å². The van der Waals surface area contributed by atoms with Crippen LogP contribution in [0.2, 0.25) is 0 Å². The molecule has 1 heterocycles. The minimum absolute atomic E-state index is 0.0976. The highest BCUT2D eigenvalue weighted by atomic mass is 79.9. The maximum Gasteiger partial charge on any atom is 0.295 e. The minimum Gasteiger partial charge on any atom is -0.507 e. The number of benzene rings is 2. The molecule has 0 bridgehead atoms. The third kappa shape index (κ3) is 4.57. The first-order valence-corrected chi connectivity index (χ1v) is 10.5. The fraction of sp³-hybridized carbons (Fsp3) is 0.304. The van der Waals surface area contributed by atoms with Crippen molar-refractivity contribution in [3.8, 4) is 5.75 Å². The normalized spacial score (nSPS) is 18.3. The van der Waals surface area contributed by atoms with Gasteiger partial charge < -0.3 is 19.6 Å².